The Hall–Kier alpha value is -2.35. The number of carbonyl (C=O) groups excluding carboxylic acids is 2. The van der Waals surface area contributed by atoms with E-state index in [-0.39, 0.29) is 24.8 Å². The van der Waals surface area contributed by atoms with Crippen LogP contribution in [-0.2, 0) is 14.3 Å². The quantitative estimate of drug-likeness (QED) is 0.672. The maximum absolute atomic E-state index is 12.7. The van der Waals surface area contributed by atoms with Crippen LogP contribution in [0.2, 0.25) is 0 Å². The van der Waals surface area contributed by atoms with Gasteiger partial charge < -0.3 is 10.1 Å². The Labute approximate surface area is 117 Å². The smallest absolute Gasteiger partial charge is 0.329 e. The second kappa shape index (κ2) is 7.95. The predicted molar refractivity (Wildman–Crippen MR) is 72.1 cm³/mol. The summed E-state index contributed by atoms with van der Waals surface area (Å²) in [5.41, 5.74) is 0.636. The second-order valence-electron chi connectivity index (χ2n) is 4.02. The van der Waals surface area contributed by atoms with E-state index in [4.69, 9.17) is 4.74 Å². The number of hydrogen-bond acceptors (Lipinski definition) is 3. The molecule has 0 bridgehead atoms. The van der Waals surface area contributed by atoms with Crippen molar-refractivity contribution in [1.82, 2.24) is 5.32 Å². The Morgan fingerprint density at radius 3 is 2.55 bits per heavy atom. The molecule has 4 nitrogen and oxygen atoms in total. The zero-order valence-corrected chi connectivity index (χ0v) is 11.4. The van der Waals surface area contributed by atoms with E-state index in [2.05, 4.69) is 17.2 Å². The first-order valence-corrected chi connectivity index (χ1v) is 6.21. The zero-order valence-electron chi connectivity index (χ0n) is 11.4. The number of hydrogen-bond donors (Lipinski definition) is 1. The monoisotopic (exact) mass is 277 g/mol. The van der Waals surface area contributed by atoms with Gasteiger partial charge in [0.1, 0.15) is 11.9 Å². The van der Waals surface area contributed by atoms with Crippen LogP contribution in [0.4, 0.5) is 4.39 Å². The SMILES string of the molecule is CCOC(=O)[C@H](CC#Cc1ccc(F)cc1)NC(C)=O. The number of halogens is 1. The van der Waals surface area contributed by atoms with E-state index in [0.717, 1.165) is 0 Å². The first kappa shape index (κ1) is 15.7. The first-order chi connectivity index (χ1) is 9.52. The number of amides is 1. The van der Waals surface area contributed by atoms with E-state index in [1.54, 1.807) is 19.1 Å². The van der Waals surface area contributed by atoms with E-state index in [1.165, 1.54) is 19.1 Å². The van der Waals surface area contributed by atoms with Crippen LogP contribution in [0.3, 0.4) is 0 Å². The molecule has 1 aromatic rings. The van der Waals surface area contributed by atoms with Crippen molar-refractivity contribution >= 4 is 11.9 Å². The topological polar surface area (TPSA) is 55.4 Å². The van der Waals surface area contributed by atoms with Crippen molar-refractivity contribution in [3.05, 3.63) is 35.6 Å². The Bertz CT molecular complexity index is 528. The molecular weight excluding hydrogens is 261 g/mol. The van der Waals surface area contributed by atoms with Gasteiger partial charge in [-0.3, -0.25) is 4.79 Å². The number of esters is 1. The molecule has 0 aliphatic rings. The third-order valence-corrected chi connectivity index (χ3v) is 2.33. The molecule has 0 unspecified atom stereocenters. The molecule has 0 aromatic heterocycles. The van der Waals surface area contributed by atoms with Crippen molar-refractivity contribution in [3.63, 3.8) is 0 Å². The molecule has 20 heavy (non-hydrogen) atoms. The van der Waals surface area contributed by atoms with Gasteiger partial charge in [0.25, 0.3) is 0 Å². The fraction of sp³-hybridized carbons (Fsp3) is 0.333. The summed E-state index contributed by atoms with van der Waals surface area (Å²) in [5.74, 6) is 4.40. The molecule has 0 aliphatic heterocycles. The molecular formula is C15H16FNO3. The van der Waals surface area contributed by atoms with Gasteiger partial charge in [-0.15, -0.1) is 0 Å². The Balaban J connectivity index is 2.68. The molecule has 5 heteroatoms. The molecule has 0 saturated carbocycles. The third kappa shape index (κ3) is 5.53. The maximum Gasteiger partial charge on any atom is 0.329 e. The summed E-state index contributed by atoms with van der Waals surface area (Å²) in [6.07, 6.45) is 0.135. The predicted octanol–water partition coefficient (Wildman–Crippen LogP) is 1.64. The van der Waals surface area contributed by atoms with Crippen molar-refractivity contribution in [2.24, 2.45) is 0 Å². The summed E-state index contributed by atoms with van der Waals surface area (Å²) in [7, 11) is 0. The highest BCUT2D eigenvalue weighted by molar-refractivity contribution is 5.83. The highest BCUT2D eigenvalue weighted by atomic mass is 19.1. The van der Waals surface area contributed by atoms with Gasteiger partial charge in [0.15, 0.2) is 0 Å². The van der Waals surface area contributed by atoms with Gasteiger partial charge in [0, 0.05) is 18.9 Å². The van der Waals surface area contributed by atoms with Crippen molar-refractivity contribution in [2.75, 3.05) is 6.61 Å². The summed E-state index contributed by atoms with van der Waals surface area (Å²) in [4.78, 5) is 22.6. The van der Waals surface area contributed by atoms with Crippen LogP contribution >= 0.6 is 0 Å². The van der Waals surface area contributed by atoms with Crippen LogP contribution in [0.1, 0.15) is 25.8 Å². The standard InChI is InChI=1S/C15H16FNO3/c1-3-20-15(19)14(17-11(2)18)6-4-5-12-7-9-13(16)10-8-12/h7-10,14H,3,6H2,1-2H3,(H,17,18)/t14-/m0/s1. The van der Waals surface area contributed by atoms with Crippen molar-refractivity contribution < 1.29 is 18.7 Å². The highest BCUT2D eigenvalue weighted by Crippen LogP contribution is 2.01. The highest BCUT2D eigenvalue weighted by Gasteiger charge is 2.19. The van der Waals surface area contributed by atoms with Gasteiger partial charge in [-0.05, 0) is 31.2 Å². The molecule has 0 saturated heterocycles. The van der Waals surface area contributed by atoms with Crippen LogP contribution in [0.15, 0.2) is 24.3 Å². The fourth-order valence-corrected chi connectivity index (χ4v) is 1.47. The fourth-order valence-electron chi connectivity index (χ4n) is 1.47. The number of rotatable bonds is 4. The molecule has 1 rings (SSSR count). The third-order valence-electron chi connectivity index (χ3n) is 2.33. The Morgan fingerprint density at radius 1 is 1.35 bits per heavy atom. The molecule has 1 N–H and O–H groups in total. The molecule has 1 atom stereocenters. The van der Waals surface area contributed by atoms with Crippen LogP contribution in [0.25, 0.3) is 0 Å². The van der Waals surface area contributed by atoms with Gasteiger partial charge in [-0.1, -0.05) is 11.8 Å². The normalized spacial score (nSPS) is 10.9. The van der Waals surface area contributed by atoms with E-state index < -0.39 is 12.0 Å². The lowest BCUT2D eigenvalue weighted by molar-refractivity contribution is -0.147. The average molecular weight is 277 g/mol. The van der Waals surface area contributed by atoms with E-state index >= 15 is 0 Å². The van der Waals surface area contributed by atoms with Crippen LogP contribution in [0, 0.1) is 17.7 Å². The first-order valence-electron chi connectivity index (χ1n) is 6.21. The maximum atomic E-state index is 12.7. The van der Waals surface area contributed by atoms with Crippen LogP contribution in [0.5, 0.6) is 0 Å². The van der Waals surface area contributed by atoms with Crippen molar-refractivity contribution in [1.29, 1.82) is 0 Å². The molecule has 0 radical (unpaired) electrons. The van der Waals surface area contributed by atoms with E-state index in [0.29, 0.717) is 5.56 Å². The number of carbonyl (C=O) groups is 2. The second-order valence-corrected chi connectivity index (χ2v) is 4.02. The Kier molecular flexibility index (Phi) is 6.24. The van der Waals surface area contributed by atoms with E-state index in [9.17, 15) is 14.0 Å². The lowest BCUT2D eigenvalue weighted by Crippen LogP contribution is -2.40. The van der Waals surface area contributed by atoms with Gasteiger partial charge >= 0.3 is 5.97 Å². The summed E-state index contributed by atoms with van der Waals surface area (Å²) >= 11 is 0. The van der Waals surface area contributed by atoms with Crippen molar-refractivity contribution in [3.8, 4) is 11.8 Å². The number of nitrogens with one attached hydrogen (secondary N) is 1. The number of benzene rings is 1. The summed E-state index contributed by atoms with van der Waals surface area (Å²) in [6.45, 7) is 3.24. The molecule has 0 spiro atoms. The molecule has 0 aliphatic carbocycles. The van der Waals surface area contributed by atoms with E-state index in [1.807, 2.05) is 0 Å². The minimum absolute atomic E-state index is 0.135. The molecule has 0 heterocycles. The Morgan fingerprint density at radius 2 is 2.00 bits per heavy atom. The van der Waals surface area contributed by atoms with Crippen molar-refractivity contribution in [2.45, 2.75) is 26.3 Å². The zero-order chi connectivity index (χ0) is 15.0. The van der Waals surface area contributed by atoms with Gasteiger partial charge in [0.05, 0.1) is 6.61 Å². The average Bonchev–Trinajstić information content (AvgIpc) is 2.39. The van der Waals surface area contributed by atoms with Crippen LogP contribution in [-0.4, -0.2) is 24.5 Å². The lowest BCUT2D eigenvalue weighted by atomic mass is 10.1. The van der Waals surface area contributed by atoms with Gasteiger partial charge in [-0.25, -0.2) is 9.18 Å². The minimum atomic E-state index is -0.791. The van der Waals surface area contributed by atoms with Crippen LogP contribution < -0.4 is 5.32 Å². The lowest BCUT2D eigenvalue weighted by Gasteiger charge is -2.13. The summed E-state index contributed by atoms with van der Waals surface area (Å²) in [5, 5.41) is 2.48. The molecule has 1 amide bonds. The number of ether oxygens (including phenoxy) is 1. The largest absolute Gasteiger partial charge is 0.464 e. The van der Waals surface area contributed by atoms with Gasteiger partial charge in [0.2, 0.25) is 5.91 Å². The molecule has 1 aromatic carbocycles. The summed E-state index contributed by atoms with van der Waals surface area (Å²) < 4.78 is 17.6. The summed E-state index contributed by atoms with van der Waals surface area (Å²) in [6, 6.07) is 4.90. The van der Waals surface area contributed by atoms with Gasteiger partial charge in [-0.2, -0.15) is 0 Å². The minimum Gasteiger partial charge on any atom is -0.464 e. The molecule has 106 valence electrons. The molecule has 0 fully saturated rings.